The van der Waals surface area contributed by atoms with Crippen LogP contribution >= 0.6 is 0 Å². The SMILES string of the molecule is CCn1nc(C)cc1C(=O)NCC(=O)Nc1ccc(C)cc1. The minimum Gasteiger partial charge on any atom is -0.342 e. The van der Waals surface area contributed by atoms with Crippen LogP contribution in [0.5, 0.6) is 0 Å². The minimum absolute atomic E-state index is 0.0827. The monoisotopic (exact) mass is 300 g/mol. The molecule has 0 fully saturated rings. The summed E-state index contributed by atoms with van der Waals surface area (Å²) in [5.41, 5.74) is 3.06. The fourth-order valence-corrected chi connectivity index (χ4v) is 2.06. The highest BCUT2D eigenvalue weighted by Crippen LogP contribution is 2.08. The molecule has 0 unspecified atom stereocenters. The average Bonchev–Trinajstić information content (AvgIpc) is 2.88. The Morgan fingerprint density at radius 2 is 1.86 bits per heavy atom. The number of aryl methyl sites for hydroxylation is 3. The van der Waals surface area contributed by atoms with Gasteiger partial charge in [-0.3, -0.25) is 14.3 Å². The molecule has 22 heavy (non-hydrogen) atoms. The maximum atomic E-state index is 12.1. The van der Waals surface area contributed by atoms with E-state index in [0.717, 1.165) is 11.3 Å². The molecule has 2 amide bonds. The number of benzene rings is 1. The van der Waals surface area contributed by atoms with E-state index < -0.39 is 0 Å². The third-order valence-corrected chi connectivity index (χ3v) is 3.18. The Kier molecular flexibility index (Phi) is 4.93. The van der Waals surface area contributed by atoms with Gasteiger partial charge in [0.25, 0.3) is 5.91 Å². The first-order valence-corrected chi connectivity index (χ1v) is 7.18. The quantitative estimate of drug-likeness (QED) is 0.885. The standard InChI is InChI=1S/C16H20N4O2/c1-4-20-14(9-12(3)19-20)16(22)17-10-15(21)18-13-7-5-11(2)6-8-13/h5-9H,4,10H2,1-3H3,(H,17,22)(H,18,21). The van der Waals surface area contributed by atoms with Crippen LogP contribution in [0, 0.1) is 13.8 Å². The van der Waals surface area contributed by atoms with Gasteiger partial charge in [0.2, 0.25) is 5.91 Å². The normalized spacial score (nSPS) is 10.3. The lowest BCUT2D eigenvalue weighted by Crippen LogP contribution is -2.34. The van der Waals surface area contributed by atoms with Crippen molar-refractivity contribution in [1.29, 1.82) is 0 Å². The number of nitrogens with one attached hydrogen (secondary N) is 2. The van der Waals surface area contributed by atoms with Crippen LogP contribution in [0.2, 0.25) is 0 Å². The molecule has 0 radical (unpaired) electrons. The molecular formula is C16H20N4O2. The number of amides is 2. The van der Waals surface area contributed by atoms with Crippen LogP contribution in [0.15, 0.2) is 30.3 Å². The van der Waals surface area contributed by atoms with Gasteiger partial charge < -0.3 is 10.6 Å². The molecule has 0 bridgehead atoms. The van der Waals surface area contributed by atoms with Crippen LogP contribution in [0.3, 0.4) is 0 Å². The largest absolute Gasteiger partial charge is 0.342 e. The predicted octanol–water partition coefficient (Wildman–Crippen LogP) is 1.89. The maximum Gasteiger partial charge on any atom is 0.269 e. The van der Waals surface area contributed by atoms with Crippen molar-refractivity contribution in [2.75, 3.05) is 11.9 Å². The van der Waals surface area contributed by atoms with Gasteiger partial charge in [-0.05, 0) is 39.0 Å². The highest BCUT2D eigenvalue weighted by atomic mass is 16.2. The lowest BCUT2D eigenvalue weighted by molar-refractivity contribution is -0.115. The van der Waals surface area contributed by atoms with E-state index in [2.05, 4.69) is 15.7 Å². The summed E-state index contributed by atoms with van der Waals surface area (Å²) < 4.78 is 1.61. The first-order chi connectivity index (χ1) is 10.5. The molecule has 2 N–H and O–H groups in total. The van der Waals surface area contributed by atoms with Gasteiger partial charge in [0.15, 0.2) is 0 Å². The molecular weight excluding hydrogens is 280 g/mol. The minimum atomic E-state index is -0.304. The van der Waals surface area contributed by atoms with E-state index in [4.69, 9.17) is 0 Å². The van der Waals surface area contributed by atoms with Gasteiger partial charge in [0.05, 0.1) is 12.2 Å². The highest BCUT2D eigenvalue weighted by Gasteiger charge is 2.14. The van der Waals surface area contributed by atoms with Crippen molar-refractivity contribution in [3.05, 3.63) is 47.3 Å². The molecule has 0 atom stereocenters. The molecule has 2 aromatic rings. The Balaban J connectivity index is 1.90. The van der Waals surface area contributed by atoms with Crippen LogP contribution in [0.1, 0.15) is 28.7 Å². The van der Waals surface area contributed by atoms with Gasteiger partial charge in [-0.25, -0.2) is 0 Å². The summed E-state index contributed by atoms with van der Waals surface area (Å²) in [6, 6.07) is 9.18. The highest BCUT2D eigenvalue weighted by molar-refractivity contribution is 5.98. The number of hydrogen-bond donors (Lipinski definition) is 2. The number of anilines is 1. The Labute approximate surface area is 129 Å². The van der Waals surface area contributed by atoms with Crippen LogP contribution in [0.25, 0.3) is 0 Å². The number of nitrogens with zero attached hydrogens (tertiary/aromatic N) is 2. The molecule has 1 aromatic carbocycles. The molecule has 0 aliphatic rings. The first kappa shape index (κ1) is 15.8. The topological polar surface area (TPSA) is 76.0 Å². The fourth-order valence-electron chi connectivity index (χ4n) is 2.06. The van der Waals surface area contributed by atoms with Crippen LogP contribution in [0.4, 0.5) is 5.69 Å². The third kappa shape index (κ3) is 3.94. The molecule has 0 spiro atoms. The number of aromatic nitrogens is 2. The van der Waals surface area contributed by atoms with E-state index in [1.165, 1.54) is 0 Å². The van der Waals surface area contributed by atoms with E-state index in [9.17, 15) is 9.59 Å². The summed E-state index contributed by atoms with van der Waals surface area (Å²) in [4.78, 5) is 23.9. The van der Waals surface area contributed by atoms with Gasteiger partial charge >= 0.3 is 0 Å². The molecule has 1 heterocycles. The molecule has 6 heteroatoms. The summed E-state index contributed by atoms with van der Waals surface area (Å²) in [5.74, 6) is -0.571. The summed E-state index contributed by atoms with van der Waals surface area (Å²) in [6.07, 6.45) is 0. The van der Waals surface area contributed by atoms with Gasteiger partial charge in [0.1, 0.15) is 5.69 Å². The van der Waals surface area contributed by atoms with Crippen molar-refractivity contribution in [3.63, 3.8) is 0 Å². The van der Waals surface area contributed by atoms with E-state index in [1.54, 1.807) is 10.7 Å². The number of carbonyl (C=O) groups excluding carboxylic acids is 2. The Morgan fingerprint density at radius 3 is 2.50 bits per heavy atom. The smallest absolute Gasteiger partial charge is 0.269 e. The van der Waals surface area contributed by atoms with E-state index >= 15 is 0 Å². The molecule has 0 aliphatic heterocycles. The van der Waals surface area contributed by atoms with Crippen LogP contribution in [-0.4, -0.2) is 28.1 Å². The van der Waals surface area contributed by atoms with Crippen molar-refractivity contribution in [2.45, 2.75) is 27.3 Å². The van der Waals surface area contributed by atoms with Crippen molar-refractivity contribution in [1.82, 2.24) is 15.1 Å². The van der Waals surface area contributed by atoms with Crippen LogP contribution in [-0.2, 0) is 11.3 Å². The first-order valence-electron chi connectivity index (χ1n) is 7.18. The summed E-state index contributed by atoms with van der Waals surface area (Å²) in [7, 11) is 0. The maximum absolute atomic E-state index is 12.1. The molecule has 6 nitrogen and oxygen atoms in total. The molecule has 1 aromatic heterocycles. The Morgan fingerprint density at radius 1 is 1.18 bits per heavy atom. The van der Waals surface area contributed by atoms with Crippen molar-refractivity contribution < 1.29 is 9.59 Å². The van der Waals surface area contributed by atoms with Gasteiger partial charge in [0, 0.05) is 12.2 Å². The number of carbonyl (C=O) groups is 2. The zero-order chi connectivity index (χ0) is 16.1. The van der Waals surface area contributed by atoms with Crippen molar-refractivity contribution in [2.24, 2.45) is 0 Å². The van der Waals surface area contributed by atoms with Crippen LogP contribution < -0.4 is 10.6 Å². The number of hydrogen-bond acceptors (Lipinski definition) is 3. The van der Waals surface area contributed by atoms with Gasteiger partial charge in [-0.15, -0.1) is 0 Å². The summed E-state index contributed by atoms with van der Waals surface area (Å²) in [6.45, 7) is 6.23. The molecule has 2 rings (SSSR count). The average molecular weight is 300 g/mol. The molecule has 0 saturated carbocycles. The van der Waals surface area contributed by atoms with Gasteiger partial charge in [-0.1, -0.05) is 17.7 Å². The molecule has 0 aliphatic carbocycles. The Bertz CT molecular complexity index is 674. The summed E-state index contributed by atoms with van der Waals surface area (Å²) in [5, 5.41) is 9.55. The zero-order valence-electron chi connectivity index (χ0n) is 13.0. The Hall–Kier alpha value is -2.63. The van der Waals surface area contributed by atoms with Gasteiger partial charge in [-0.2, -0.15) is 5.10 Å². The lowest BCUT2D eigenvalue weighted by atomic mass is 10.2. The number of rotatable bonds is 5. The third-order valence-electron chi connectivity index (χ3n) is 3.18. The lowest BCUT2D eigenvalue weighted by Gasteiger charge is -2.08. The summed E-state index contributed by atoms with van der Waals surface area (Å²) >= 11 is 0. The molecule has 0 saturated heterocycles. The van der Waals surface area contributed by atoms with Crippen molar-refractivity contribution in [3.8, 4) is 0 Å². The van der Waals surface area contributed by atoms with E-state index in [1.807, 2.05) is 45.0 Å². The zero-order valence-corrected chi connectivity index (χ0v) is 13.0. The second-order valence-corrected chi connectivity index (χ2v) is 5.08. The van der Waals surface area contributed by atoms with Crippen molar-refractivity contribution >= 4 is 17.5 Å². The molecule has 116 valence electrons. The van der Waals surface area contributed by atoms with E-state index in [0.29, 0.717) is 17.9 Å². The second kappa shape index (κ2) is 6.89. The van der Waals surface area contributed by atoms with E-state index in [-0.39, 0.29) is 18.4 Å². The predicted molar refractivity (Wildman–Crippen MR) is 84.8 cm³/mol. The fraction of sp³-hybridized carbons (Fsp3) is 0.312. The second-order valence-electron chi connectivity index (χ2n) is 5.08.